The SMILES string of the molecule is COCC1(C)CN(C(=O)OC(C)(C)C)C(C)(c2nc3c(ccc4cc(Br)ccc43)[nH]2)C1. The number of carbonyl (C=O) groups is 1. The van der Waals surface area contributed by atoms with Crippen molar-refractivity contribution in [2.45, 2.75) is 52.2 Å². The van der Waals surface area contributed by atoms with E-state index in [0.29, 0.717) is 13.2 Å². The van der Waals surface area contributed by atoms with Gasteiger partial charge in [0.15, 0.2) is 0 Å². The number of halogens is 1. The number of methoxy groups -OCH3 is 1. The summed E-state index contributed by atoms with van der Waals surface area (Å²) in [5.41, 5.74) is 0.444. The van der Waals surface area contributed by atoms with Crippen LogP contribution in [0.15, 0.2) is 34.8 Å². The standard InChI is InChI=1S/C24H30BrN3O3/c1-22(2,3)31-21(29)28-13-23(4,14-30-6)12-24(28,5)20-26-18-10-7-15-11-16(25)8-9-17(15)19(18)27-20/h7-11H,12-14H2,1-6H3,(H,26,27). The zero-order chi connectivity index (χ0) is 22.6. The summed E-state index contributed by atoms with van der Waals surface area (Å²) in [7, 11) is 1.70. The molecular formula is C24H30BrN3O3. The highest BCUT2D eigenvalue weighted by Gasteiger charge is 2.54. The maximum Gasteiger partial charge on any atom is 0.411 e. The van der Waals surface area contributed by atoms with E-state index in [1.807, 2.05) is 37.8 Å². The molecule has 166 valence electrons. The lowest BCUT2D eigenvalue weighted by Gasteiger charge is -2.34. The van der Waals surface area contributed by atoms with Crippen molar-refractivity contribution in [3.8, 4) is 0 Å². The fourth-order valence-corrected chi connectivity index (χ4v) is 5.19. The van der Waals surface area contributed by atoms with E-state index in [9.17, 15) is 4.79 Å². The molecule has 0 bridgehead atoms. The molecule has 2 aromatic carbocycles. The van der Waals surface area contributed by atoms with E-state index >= 15 is 0 Å². The van der Waals surface area contributed by atoms with Crippen LogP contribution in [0.3, 0.4) is 0 Å². The van der Waals surface area contributed by atoms with Crippen molar-refractivity contribution in [2.75, 3.05) is 20.3 Å². The van der Waals surface area contributed by atoms with E-state index in [-0.39, 0.29) is 11.5 Å². The predicted octanol–water partition coefficient (Wildman–Crippen LogP) is 5.99. The van der Waals surface area contributed by atoms with Gasteiger partial charge in [-0.15, -0.1) is 0 Å². The summed E-state index contributed by atoms with van der Waals surface area (Å²) in [5.74, 6) is 0.767. The molecule has 3 aromatic rings. The van der Waals surface area contributed by atoms with Gasteiger partial charge in [0.1, 0.15) is 17.0 Å². The first-order valence-electron chi connectivity index (χ1n) is 10.5. The van der Waals surface area contributed by atoms with E-state index in [0.717, 1.165) is 38.5 Å². The Morgan fingerprint density at radius 3 is 2.68 bits per heavy atom. The molecule has 2 unspecified atom stereocenters. The van der Waals surface area contributed by atoms with Gasteiger partial charge in [-0.05, 0) is 57.7 Å². The number of ether oxygens (including phenoxy) is 2. The van der Waals surface area contributed by atoms with Gasteiger partial charge in [-0.25, -0.2) is 9.78 Å². The third-order valence-electron chi connectivity index (χ3n) is 5.95. The van der Waals surface area contributed by atoms with Crippen LogP contribution in [-0.4, -0.2) is 46.8 Å². The van der Waals surface area contributed by atoms with Gasteiger partial charge in [0.2, 0.25) is 0 Å². The second-order valence-electron chi connectivity index (χ2n) is 10.2. The summed E-state index contributed by atoms with van der Waals surface area (Å²) >= 11 is 3.54. The van der Waals surface area contributed by atoms with Gasteiger partial charge >= 0.3 is 6.09 Å². The highest BCUT2D eigenvalue weighted by atomic mass is 79.9. The van der Waals surface area contributed by atoms with Crippen LogP contribution in [0.25, 0.3) is 21.8 Å². The fourth-order valence-electron chi connectivity index (χ4n) is 4.81. The minimum Gasteiger partial charge on any atom is -0.444 e. The number of nitrogens with zero attached hydrogens (tertiary/aromatic N) is 2. The normalized spacial score (nSPS) is 24.3. The molecule has 1 N–H and O–H groups in total. The average Bonchev–Trinajstić information content (AvgIpc) is 3.20. The van der Waals surface area contributed by atoms with Crippen molar-refractivity contribution >= 4 is 43.8 Å². The molecule has 4 rings (SSSR count). The number of nitrogens with one attached hydrogen (secondary N) is 1. The number of likely N-dealkylation sites (tertiary alicyclic amines) is 1. The zero-order valence-electron chi connectivity index (χ0n) is 19.0. The number of fused-ring (bicyclic) bond motifs is 3. The van der Waals surface area contributed by atoms with Crippen molar-refractivity contribution in [2.24, 2.45) is 5.41 Å². The van der Waals surface area contributed by atoms with Crippen LogP contribution in [0.2, 0.25) is 0 Å². The highest BCUT2D eigenvalue weighted by Crippen LogP contribution is 2.48. The Morgan fingerprint density at radius 2 is 2.00 bits per heavy atom. The molecule has 2 heterocycles. The number of aromatic amines is 1. The molecule has 1 saturated heterocycles. The number of H-pyrrole nitrogens is 1. The Hall–Kier alpha value is -2.12. The second-order valence-corrected chi connectivity index (χ2v) is 11.1. The van der Waals surface area contributed by atoms with Crippen molar-refractivity contribution in [3.63, 3.8) is 0 Å². The number of carbonyl (C=O) groups excluding carboxylic acids is 1. The van der Waals surface area contributed by atoms with E-state index in [1.165, 1.54) is 0 Å². The minimum atomic E-state index is -0.643. The van der Waals surface area contributed by atoms with Crippen LogP contribution in [-0.2, 0) is 15.0 Å². The monoisotopic (exact) mass is 487 g/mol. The molecule has 1 aliphatic heterocycles. The van der Waals surface area contributed by atoms with E-state index in [1.54, 1.807) is 7.11 Å². The number of aromatic nitrogens is 2. The Labute approximate surface area is 191 Å². The fraction of sp³-hybridized carbons (Fsp3) is 0.500. The third-order valence-corrected chi connectivity index (χ3v) is 6.45. The third kappa shape index (κ3) is 4.05. The van der Waals surface area contributed by atoms with Gasteiger partial charge in [-0.3, -0.25) is 4.90 Å². The van der Waals surface area contributed by atoms with Crippen LogP contribution in [0, 0.1) is 5.41 Å². The predicted molar refractivity (Wildman–Crippen MR) is 126 cm³/mol. The van der Waals surface area contributed by atoms with Gasteiger partial charge in [0.25, 0.3) is 0 Å². The first kappa shape index (κ1) is 22.1. The van der Waals surface area contributed by atoms with Crippen LogP contribution in [0.4, 0.5) is 4.79 Å². The molecule has 1 fully saturated rings. The molecule has 0 spiro atoms. The topological polar surface area (TPSA) is 67.4 Å². The Bertz CT molecular complexity index is 1150. The van der Waals surface area contributed by atoms with Crippen molar-refractivity contribution in [3.05, 3.63) is 40.6 Å². The van der Waals surface area contributed by atoms with Gasteiger partial charge < -0.3 is 14.5 Å². The first-order chi connectivity index (χ1) is 14.4. The van der Waals surface area contributed by atoms with E-state index < -0.39 is 11.1 Å². The number of hydrogen-bond donors (Lipinski definition) is 1. The molecule has 0 saturated carbocycles. The average molecular weight is 488 g/mol. The first-order valence-corrected chi connectivity index (χ1v) is 11.3. The van der Waals surface area contributed by atoms with Gasteiger partial charge in [0, 0.05) is 28.9 Å². The zero-order valence-corrected chi connectivity index (χ0v) is 20.6. The molecular weight excluding hydrogens is 458 g/mol. The van der Waals surface area contributed by atoms with Crippen LogP contribution >= 0.6 is 15.9 Å². The number of benzene rings is 2. The summed E-state index contributed by atoms with van der Waals surface area (Å²) in [6.45, 7) is 11.0. The lowest BCUT2D eigenvalue weighted by molar-refractivity contribution is 0.00737. The molecule has 0 radical (unpaired) electrons. The van der Waals surface area contributed by atoms with Crippen molar-refractivity contribution < 1.29 is 14.3 Å². The minimum absolute atomic E-state index is 0.202. The Balaban J connectivity index is 1.82. The van der Waals surface area contributed by atoms with E-state index in [2.05, 4.69) is 53.0 Å². The molecule has 0 aliphatic carbocycles. The van der Waals surface area contributed by atoms with Crippen molar-refractivity contribution in [1.29, 1.82) is 0 Å². The number of imidazole rings is 1. The molecule has 1 amide bonds. The number of hydrogen-bond acceptors (Lipinski definition) is 4. The molecule has 31 heavy (non-hydrogen) atoms. The molecule has 2 atom stereocenters. The summed E-state index contributed by atoms with van der Waals surface area (Å²) in [4.78, 5) is 23.6. The molecule has 1 aromatic heterocycles. The summed E-state index contributed by atoms with van der Waals surface area (Å²) in [6, 6.07) is 10.3. The maximum atomic E-state index is 13.2. The lowest BCUT2D eigenvalue weighted by Crippen LogP contribution is -2.46. The molecule has 7 heteroatoms. The smallest absolute Gasteiger partial charge is 0.411 e. The summed E-state index contributed by atoms with van der Waals surface area (Å²) < 4.78 is 12.3. The van der Waals surface area contributed by atoms with Gasteiger partial charge in [-0.1, -0.05) is 35.0 Å². The number of amides is 1. The molecule has 6 nitrogen and oxygen atoms in total. The summed E-state index contributed by atoms with van der Waals surface area (Å²) in [5, 5.41) is 2.19. The largest absolute Gasteiger partial charge is 0.444 e. The maximum absolute atomic E-state index is 13.2. The van der Waals surface area contributed by atoms with Crippen LogP contribution in [0.5, 0.6) is 0 Å². The van der Waals surface area contributed by atoms with Crippen LogP contribution < -0.4 is 0 Å². The Kier molecular flexibility index (Phi) is 5.33. The highest BCUT2D eigenvalue weighted by molar-refractivity contribution is 9.10. The van der Waals surface area contributed by atoms with Crippen LogP contribution in [0.1, 0.15) is 46.9 Å². The Morgan fingerprint density at radius 1 is 1.26 bits per heavy atom. The quantitative estimate of drug-likeness (QED) is 0.492. The second kappa shape index (κ2) is 7.48. The van der Waals surface area contributed by atoms with Gasteiger partial charge in [-0.2, -0.15) is 0 Å². The lowest BCUT2D eigenvalue weighted by atomic mass is 9.83. The number of rotatable bonds is 3. The summed E-state index contributed by atoms with van der Waals surface area (Å²) in [6.07, 6.45) is 0.389. The van der Waals surface area contributed by atoms with Gasteiger partial charge in [0.05, 0.1) is 17.6 Å². The van der Waals surface area contributed by atoms with E-state index in [4.69, 9.17) is 14.5 Å². The molecule has 1 aliphatic rings. The van der Waals surface area contributed by atoms with Crippen molar-refractivity contribution in [1.82, 2.24) is 14.9 Å².